The maximum Gasteiger partial charge on any atom is 0.203 e. The minimum atomic E-state index is 0.434. The first-order valence-electron chi connectivity index (χ1n) is 10.4. The summed E-state index contributed by atoms with van der Waals surface area (Å²) in [5, 5.41) is 7.39. The Kier molecular flexibility index (Phi) is 6.69. The lowest BCUT2D eigenvalue weighted by Gasteiger charge is -2.15. The van der Waals surface area contributed by atoms with E-state index in [1.165, 1.54) is 0 Å². The fourth-order valence-electron chi connectivity index (χ4n) is 3.64. The monoisotopic (exact) mass is 446 g/mol. The molecule has 0 saturated heterocycles. The molecule has 1 heterocycles. The van der Waals surface area contributed by atoms with Crippen LogP contribution in [-0.4, -0.2) is 38.6 Å². The van der Waals surface area contributed by atoms with Crippen molar-refractivity contribution in [1.82, 2.24) is 10.2 Å². The molecule has 0 aliphatic carbocycles. The summed E-state index contributed by atoms with van der Waals surface area (Å²) in [7, 11) is 6.40. The van der Waals surface area contributed by atoms with Crippen LogP contribution in [0.1, 0.15) is 5.56 Å². The van der Waals surface area contributed by atoms with Gasteiger partial charge in [0.25, 0.3) is 0 Å². The zero-order valence-corrected chi connectivity index (χ0v) is 19.0. The van der Waals surface area contributed by atoms with Crippen LogP contribution in [-0.2, 0) is 6.61 Å². The van der Waals surface area contributed by atoms with Gasteiger partial charge in [-0.3, -0.25) is 5.10 Å². The summed E-state index contributed by atoms with van der Waals surface area (Å²) in [6, 6.07) is 19.6. The highest BCUT2D eigenvalue weighted by Gasteiger charge is 2.18. The van der Waals surface area contributed by atoms with Gasteiger partial charge in [0.15, 0.2) is 23.0 Å². The third-order valence-corrected chi connectivity index (χ3v) is 5.30. The fourth-order valence-corrected chi connectivity index (χ4v) is 3.64. The van der Waals surface area contributed by atoms with Crippen LogP contribution in [0.15, 0.2) is 66.9 Å². The van der Waals surface area contributed by atoms with Gasteiger partial charge in [-0.25, -0.2) is 0 Å². The molecule has 4 rings (SSSR count). The molecule has 4 aromatic rings. The predicted molar refractivity (Wildman–Crippen MR) is 126 cm³/mol. The van der Waals surface area contributed by atoms with Gasteiger partial charge < -0.3 is 23.7 Å². The zero-order valence-electron chi connectivity index (χ0n) is 19.0. The van der Waals surface area contributed by atoms with E-state index in [-0.39, 0.29) is 0 Å². The van der Waals surface area contributed by atoms with E-state index in [4.69, 9.17) is 23.7 Å². The number of rotatable bonds is 9. The topological polar surface area (TPSA) is 74.8 Å². The summed E-state index contributed by atoms with van der Waals surface area (Å²) in [5.41, 5.74) is 4.56. The average Bonchev–Trinajstić information content (AvgIpc) is 3.37. The minimum absolute atomic E-state index is 0.434. The number of methoxy groups -OCH3 is 4. The first-order valence-corrected chi connectivity index (χ1v) is 10.4. The molecule has 0 radical (unpaired) electrons. The van der Waals surface area contributed by atoms with Crippen molar-refractivity contribution < 1.29 is 23.7 Å². The number of hydrogen-bond acceptors (Lipinski definition) is 6. The number of benzene rings is 3. The standard InChI is InChI=1S/C26H26N2O5/c1-29-21-11-10-18(12-22(21)33-16-17-8-6-5-7-9-17)25-20(15-27-28-25)19-13-23(30-2)26(32-4)24(14-19)31-3/h5-15H,16H2,1-4H3,(H,27,28). The van der Waals surface area contributed by atoms with Gasteiger partial charge in [-0.15, -0.1) is 0 Å². The van der Waals surface area contributed by atoms with Crippen molar-refractivity contribution in [1.29, 1.82) is 0 Å². The summed E-state index contributed by atoms with van der Waals surface area (Å²) in [4.78, 5) is 0. The van der Waals surface area contributed by atoms with Gasteiger partial charge >= 0.3 is 0 Å². The van der Waals surface area contributed by atoms with Crippen molar-refractivity contribution in [3.8, 4) is 51.1 Å². The van der Waals surface area contributed by atoms with Crippen LogP contribution in [0.25, 0.3) is 22.4 Å². The number of aromatic amines is 1. The number of ether oxygens (including phenoxy) is 5. The Balaban J connectivity index is 1.72. The highest BCUT2D eigenvalue weighted by atomic mass is 16.5. The molecule has 1 aromatic heterocycles. The predicted octanol–water partition coefficient (Wildman–Crippen LogP) is 5.36. The molecular weight excluding hydrogens is 420 g/mol. The maximum absolute atomic E-state index is 6.09. The molecule has 7 heteroatoms. The molecule has 0 amide bonds. The lowest BCUT2D eigenvalue weighted by molar-refractivity contribution is 0.284. The molecule has 0 spiro atoms. The SMILES string of the molecule is COc1ccc(-c2[nH]ncc2-c2cc(OC)c(OC)c(OC)c2)cc1OCc1ccccc1. The highest BCUT2D eigenvalue weighted by Crippen LogP contribution is 2.43. The Morgan fingerprint density at radius 3 is 2.00 bits per heavy atom. The summed E-state index contributed by atoms with van der Waals surface area (Å²) in [6.07, 6.45) is 1.77. The largest absolute Gasteiger partial charge is 0.493 e. The molecule has 0 bridgehead atoms. The molecule has 0 aliphatic heterocycles. The van der Waals surface area contributed by atoms with Gasteiger partial charge in [0.05, 0.1) is 40.3 Å². The molecule has 3 aromatic carbocycles. The van der Waals surface area contributed by atoms with E-state index in [0.717, 1.165) is 27.9 Å². The van der Waals surface area contributed by atoms with Crippen molar-refractivity contribution >= 4 is 0 Å². The highest BCUT2D eigenvalue weighted by molar-refractivity contribution is 5.83. The second-order valence-corrected chi connectivity index (χ2v) is 7.21. The van der Waals surface area contributed by atoms with Crippen molar-refractivity contribution in [3.63, 3.8) is 0 Å². The van der Waals surface area contributed by atoms with E-state index >= 15 is 0 Å². The summed E-state index contributed by atoms with van der Waals surface area (Å²) in [5.74, 6) is 2.98. The number of nitrogens with one attached hydrogen (secondary N) is 1. The smallest absolute Gasteiger partial charge is 0.203 e. The summed E-state index contributed by atoms with van der Waals surface area (Å²) >= 11 is 0. The molecule has 0 fully saturated rings. The molecule has 170 valence electrons. The van der Waals surface area contributed by atoms with Crippen molar-refractivity contribution in [3.05, 3.63) is 72.4 Å². The molecule has 0 unspecified atom stereocenters. The van der Waals surface area contributed by atoms with E-state index < -0.39 is 0 Å². The second kappa shape index (κ2) is 9.99. The van der Waals surface area contributed by atoms with Crippen LogP contribution < -0.4 is 23.7 Å². The van der Waals surface area contributed by atoms with E-state index in [9.17, 15) is 0 Å². The normalized spacial score (nSPS) is 10.5. The Labute approximate surface area is 192 Å². The van der Waals surface area contributed by atoms with Crippen LogP contribution in [0.4, 0.5) is 0 Å². The van der Waals surface area contributed by atoms with Gasteiger partial charge in [-0.1, -0.05) is 30.3 Å². The van der Waals surface area contributed by atoms with E-state index in [2.05, 4.69) is 10.2 Å². The Hall–Kier alpha value is -4.13. The minimum Gasteiger partial charge on any atom is -0.493 e. The Morgan fingerprint density at radius 2 is 1.36 bits per heavy atom. The number of nitrogens with zero attached hydrogens (tertiary/aromatic N) is 1. The summed E-state index contributed by atoms with van der Waals surface area (Å²) in [6.45, 7) is 0.434. The zero-order chi connectivity index (χ0) is 23.2. The van der Waals surface area contributed by atoms with Crippen LogP contribution >= 0.6 is 0 Å². The average molecular weight is 447 g/mol. The number of hydrogen-bond donors (Lipinski definition) is 1. The molecule has 0 atom stereocenters. The van der Waals surface area contributed by atoms with Crippen LogP contribution in [0, 0.1) is 0 Å². The van der Waals surface area contributed by atoms with Crippen molar-refractivity contribution in [2.45, 2.75) is 6.61 Å². The fraction of sp³-hybridized carbons (Fsp3) is 0.192. The maximum atomic E-state index is 6.09. The van der Waals surface area contributed by atoms with Crippen LogP contribution in [0.5, 0.6) is 28.7 Å². The van der Waals surface area contributed by atoms with E-state index in [0.29, 0.717) is 35.4 Å². The third-order valence-electron chi connectivity index (χ3n) is 5.30. The lowest BCUT2D eigenvalue weighted by Crippen LogP contribution is -1.98. The third kappa shape index (κ3) is 4.57. The second-order valence-electron chi connectivity index (χ2n) is 7.21. The quantitative estimate of drug-likeness (QED) is 0.373. The van der Waals surface area contributed by atoms with Gasteiger partial charge in [-0.05, 0) is 41.5 Å². The van der Waals surface area contributed by atoms with Crippen LogP contribution in [0.3, 0.4) is 0 Å². The number of aromatic nitrogens is 2. The van der Waals surface area contributed by atoms with Gasteiger partial charge in [0, 0.05) is 11.1 Å². The van der Waals surface area contributed by atoms with Gasteiger partial charge in [-0.2, -0.15) is 5.10 Å². The number of H-pyrrole nitrogens is 1. The molecule has 0 aliphatic rings. The van der Waals surface area contributed by atoms with E-state index in [1.54, 1.807) is 34.6 Å². The Bertz CT molecular complexity index is 1200. The van der Waals surface area contributed by atoms with Crippen molar-refractivity contribution in [2.75, 3.05) is 28.4 Å². The lowest BCUT2D eigenvalue weighted by atomic mass is 10.0. The summed E-state index contributed by atoms with van der Waals surface area (Å²) < 4.78 is 28.1. The Morgan fingerprint density at radius 1 is 0.697 bits per heavy atom. The molecule has 33 heavy (non-hydrogen) atoms. The first kappa shape index (κ1) is 22.1. The first-order chi connectivity index (χ1) is 16.2. The van der Waals surface area contributed by atoms with Gasteiger partial charge in [0.2, 0.25) is 5.75 Å². The molecular formula is C26H26N2O5. The molecule has 7 nitrogen and oxygen atoms in total. The van der Waals surface area contributed by atoms with Crippen molar-refractivity contribution in [2.24, 2.45) is 0 Å². The molecule has 0 saturated carbocycles. The van der Waals surface area contributed by atoms with Gasteiger partial charge in [0.1, 0.15) is 6.61 Å². The van der Waals surface area contributed by atoms with E-state index in [1.807, 2.05) is 60.7 Å². The molecule has 1 N–H and O–H groups in total. The van der Waals surface area contributed by atoms with Crippen LogP contribution in [0.2, 0.25) is 0 Å².